The minimum atomic E-state index is -0.476. The predicted octanol–water partition coefficient (Wildman–Crippen LogP) is 7.33. The Morgan fingerprint density at radius 3 is 1.51 bits per heavy atom. The monoisotopic (exact) mass is 604 g/mol. The Morgan fingerprint density at radius 2 is 1.17 bits per heavy atom. The van der Waals surface area contributed by atoms with Crippen molar-refractivity contribution in [2.24, 2.45) is 10.2 Å². The van der Waals surface area contributed by atoms with Gasteiger partial charge in [-0.1, -0.05) is 46.4 Å². The second-order valence-electron chi connectivity index (χ2n) is 6.56. The standard InChI is InChI=1S/C22H16Cl4N4O2S3/c1-33-21-15(9-27-29-19(31)13-5-3-11(23)7-17(13)25)16(22(34-2)35-21)10-28-30-20(32)14-6-4-12(24)8-18(14)26/h3-10H,1-2H3,(H,29,31)(H,30,32)/b27-9-,28-10-. The van der Waals surface area contributed by atoms with Crippen molar-refractivity contribution in [1.29, 1.82) is 0 Å². The zero-order valence-electron chi connectivity index (χ0n) is 18.1. The number of hydrogen-bond acceptors (Lipinski definition) is 7. The summed E-state index contributed by atoms with van der Waals surface area (Å²) in [7, 11) is 0. The molecule has 0 atom stereocenters. The van der Waals surface area contributed by atoms with E-state index in [0.717, 1.165) is 19.5 Å². The first kappa shape index (κ1) is 27.9. The Kier molecular flexibility index (Phi) is 10.4. The lowest BCUT2D eigenvalue weighted by Crippen LogP contribution is -2.18. The van der Waals surface area contributed by atoms with E-state index < -0.39 is 11.8 Å². The number of halogens is 4. The molecule has 182 valence electrons. The summed E-state index contributed by atoms with van der Waals surface area (Å²) in [6.07, 6.45) is 6.93. The molecule has 0 saturated heterocycles. The van der Waals surface area contributed by atoms with E-state index in [-0.39, 0.29) is 21.2 Å². The molecule has 0 saturated carbocycles. The third-order valence-corrected chi connectivity index (χ3v) is 8.94. The number of thioether (sulfide) groups is 2. The van der Waals surface area contributed by atoms with E-state index in [9.17, 15) is 9.59 Å². The summed E-state index contributed by atoms with van der Waals surface area (Å²) >= 11 is 28.6. The van der Waals surface area contributed by atoms with Crippen molar-refractivity contribution in [2.75, 3.05) is 12.5 Å². The highest BCUT2D eigenvalue weighted by molar-refractivity contribution is 8.02. The van der Waals surface area contributed by atoms with Crippen molar-refractivity contribution < 1.29 is 9.59 Å². The predicted molar refractivity (Wildman–Crippen MR) is 151 cm³/mol. The lowest BCUT2D eigenvalue weighted by Gasteiger charge is -2.04. The molecule has 3 aromatic rings. The fraction of sp³-hybridized carbons (Fsp3) is 0.0909. The SMILES string of the molecule is CSc1sc(SC)c(/C=N\NC(=O)c2ccc(Cl)cc2Cl)c1/C=N\NC(=O)c1ccc(Cl)cc1Cl. The number of hydrogen-bond donors (Lipinski definition) is 2. The van der Waals surface area contributed by atoms with E-state index >= 15 is 0 Å². The molecule has 0 unspecified atom stereocenters. The molecule has 6 nitrogen and oxygen atoms in total. The van der Waals surface area contributed by atoms with Crippen LogP contribution < -0.4 is 10.9 Å². The molecule has 2 amide bonds. The van der Waals surface area contributed by atoms with Crippen molar-refractivity contribution >= 4 is 106 Å². The molecule has 1 aromatic heterocycles. The van der Waals surface area contributed by atoms with E-state index in [1.54, 1.807) is 23.5 Å². The minimum Gasteiger partial charge on any atom is -0.267 e. The number of amides is 2. The molecule has 3 rings (SSSR count). The van der Waals surface area contributed by atoms with E-state index in [4.69, 9.17) is 46.4 Å². The molecule has 13 heteroatoms. The van der Waals surface area contributed by atoms with Gasteiger partial charge in [-0.2, -0.15) is 10.2 Å². The van der Waals surface area contributed by atoms with Crippen molar-refractivity contribution in [1.82, 2.24) is 10.9 Å². The Bertz CT molecular complexity index is 1230. The van der Waals surface area contributed by atoms with Crippen LogP contribution >= 0.6 is 81.3 Å². The second kappa shape index (κ2) is 13.0. The quantitative estimate of drug-likeness (QED) is 0.160. The van der Waals surface area contributed by atoms with Crippen LogP contribution in [0.1, 0.15) is 31.8 Å². The number of nitrogens with one attached hydrogen (secondary N) is 2. The summed E-state index contributed by atoms with van der Waals surface area (Å²) in [4.78, 5) is 24.9. The maximum atomic E-state index is 12.4. The largest absolute Gasteiger partial charge is 0.272 e. The number of carbonyl (C=O) groups is 2. The number of thiophene rings is 1. The number of benzene rings is 2. The molecule has 2 aromatic carbocycles. The van der Waals surface area contributed by atoms with Gasteiger partial charge < -0.3 is 0 Å². The number of nitrogens with zero attached hydrogens (tertiary/aromatic N) is 2. The van der Waals surface area contributed by atoms with Gasteiger partial charge in [0, 0.05) is 21.2 Å². The Hall–Kier alpha value is -1.72. The van der Waals surface area contributed by atoms with Crippen LogP contribution in [0.5, 0.6) is 0 Å². The molecule has 2 N–H and O–H groups in total. The van der Waals surface area contributed by atoms with Gasteiger partial charge >= 0.3 is 0 Å². The summed E-state index contributed by atoms with van der Waals surface area (Å²) < 4.78 is 1.93. The van der Waals surface area contributed by atoms with E-state index in [1.807, 2.05) is 12.5 Å². The molecule has 0 fully saturated rings. The van der Waals surface area contributed by atoms with Crippen molar-refractivity contribution in [3.05, 3.63) is 78.7 Å². The second-order valence-corrected chi connectivity index (χ2v) is 11.4. The molecular formula is C22H16Cl4N4O2S3. The van der Waals surface area contributed by atoms with E-state index in [2.05, 4.69) is 21.1 Å². The van der Waals surface area contributed by atoms with Crippen molar-refractivity contribution in [3.63, 3.8) is 0 Å². The fourth-order valence-electron chi connectivity index (χ4n) is 2.74. The molecule has 1 heterocycles. The zero-order chi connectivity index (χ0) is 25.5. The summed E-state index contributed by atoms with van der Waals surface area (Å²) in [5, 5.41) is 9.49. The number of rotatable bonds is 8. The molecular weight excluding hydrogens is 590 g/mol. The van der Waals surface area contributed by atoms with E-state index in [1.165, 1.54) is 60.2 Å². The highest BCUT2D eigenvalue weighted by atomic mass is 35.5. The minimum absolute atomic E-state index is 0.222. The van der Waals surface area contributed by atoms with Crippen molar-refractivity contribution in [3.8, 4) is 0 Å². The average molecular weight is 606 g/mol. The average Bonchev–Trinajstić information content (AvgIpc) is 3.15. The Balaban J connectivity index is 1.80. The normalized spacial score (nSPS) is 11.4. The fourth-order valence-corrected chi connectivity index (χ4v) is 6.53. The van der Waals surface area contributed by atoms with E-state index in [0.29, 0.717) is 10.0 Å². The topological polar surface area (TPSA) is 82.9 Å². The van der Waals surface area contributed by atoms with Gasteiger partial charge in [0.25, 0.3) is 11.8 Å². The maximum absolute atomic E-state index is 12.4. The molecule has 0 spiro atoms. The van der Waals surface area contributed by atoms with Gasteiger partial charge in [-0.15, -0.1) is 34.9 Å². The first-order chi connectivity index (χ1) is 16.7. The molecule has 0 aliphatic rings. The molecule has 0 aliphatic carbocycles. The first-order valence-corrected chi connectivity index (χ1v) is 14.3. The van der Waals surface area contributed by atoms with Crippen LogP contribution in [0.2, 0.25) is 20.1 Å². The first-order valence-electron chi connectivity index (χ1n) is 9.56. The van der Waals surface area contributed by atoms with Crippen LogP contribution in [0.15, 0.2) is 55.0 Å². The molecule has 35 heavy (non-hydrogen) atoms. The number of carbonyl (C=O) groups excluding carboxylic acids is 2. The van der Waals surface area contributed by atoms with Crippen molar-refractivity contribution in [2.45, 2.75) is 8.42 Å². The smallest absolute Gasteiger partial charge is 0.267 e. The van der Waals surface area contributed by atoms with Gasteiger partial charge in [0.2, 0.25) is 0 Å². The lowest BCUT2D eigenvalue weighted by atomic mass is 10.2. The van der Waals surface area contributed by atoms with Crippen LogP contribution in [0.4, 0.5) is 0 Å². The summed E-state index contributed by atoms with van der Waals surface area (Å²) in [5.74, 6) is -0.951. The number of hydrazone groups is 2. The lowest BCUT2D eigenvalue weighted by molar-refractivity contribution is 0.0947. The molecule has 0 aliphatic heterocycles. The third kappa shape index (κ3) is 7.16. The summed E-state index contributed by atoms with van der Waals surface area (Å²) in [5.41, 5.74) is 6.94. The Labute approximate surface area is 234 Å². The maximum Gasteiger partial charge on any atom is 0.272 e. The summed E-state index contributed by atoms with van der Waals surface area (Å²) in [6, 6.07) is 9.15. The van der Waals surface area contributed by atoms with Crippen LogP contribution in [0, 0.1) is 0 Å². The van der Waals surface area contributed by atoms with Crippen LogP contribution in [0.25, 0.3) is 0 Å². The highest BCUT2D eigenvalue weighted by Crippen LogP contribution is 2.38. The summed E-state index contributed by atoms with van der Waals surface area (Å²) in [6.45, 7) is 0. The zero-order valence-corrected chi connectivity index (χ0v) is 23.5. The molecule has 0 radical (unpaired) electrons. The Morgan fingerprint density at radius 1 is 0.771 bits per heavy atom. The van der Waals surface area contributed by atoms with Gasteiger partial charge in [-0.05, 0) is 48.9 Å². The van der Waals surface area contributed by atoms with Gasteiger partial charge in [-0.3, -0.25) is 9.59 Å². The van der Waals surface area contributed by atoms with Crippen LogP contribution in [-0.4, -0.2) is 36.8 Å². The van der Waals surface area contributed by atoms with Gasteiger partial charge in [0.05, 0.1) is 42.0 Å². The highest BCUT2D eigenvalue weighted by Gasteiger charge is 2.16. The molecule has 0 bridgehead atoms. The van der Waals surface area contributed by atoms with Gasteiger partial charge in [0.1, 0.15) is 0 Å². The van der Waals surface area contributed by atoms with Gasteiger partial charge in [0.15, 0.2) is 0 Å². The van der Waals surface area contributed by atoms with Gasteiger partial charge in [-0.25, -0.2) is 10.9 Å². The third-order valence-electron chi connectivity index (χ3n) is 4.36. The van der Waals surface area contributed by atoms with Crippen LogP contribution in [-0.2, 0) is 0 Å². The van der Waals surface area contributed by atoms with Crippen LogP contribution in [0.3, 0.4) is 0 Å².